The Morgan fingerprint density at radius 1 is 1.09 bits per heavy atom. The van der Waals surface area contributed by atoms with E-state index in [0.29, 0.717) is 0 Å². The number of anilines is 1. The molecule has 0 aliphatic heterocycles. The van der Waals surface area contributed by atoms with E-state index in [0.717, 1.165) is 42.4 Å². The number of nitrogens with one attached hydrogen (secondary N) is 1. The van der Waals surface area contributed by atoms with Gasteiger partial charge in [0, 0.05) is 6.54 Å². The molecule has 2 aromatic heterocycles. The molecule has 0 radical (unpaired) electrons. The van der Waals surface area contributed by atoms with E-state index >= 15 is 0 Å². The highest BCUT2D eigenvalue weighted by atomic mass is 16.5. The van der Waals surface area contributed by atoms with Crippen molar-refractivity contribution in [3.8, 4) is 5.75 Å². The highest BCUT2D eigenvalue weighted by molar-refractivity contribution is 5.43. The predicted molar refractivity (Wildman–Crippen MR) is 85.3 cm³/mol. The summed E-state index contributed by atoms with van der Waals surface area (Å²) < 4.78 is 6.90. The standard InChI is InChI=1S/C16H19N5O/c1-12-18-19-16-10-9-15(20-21(12)16)17-11-3-4-13-5-7-14(22-2)8-6-13/h5-10H,3-4,11H2,1-2H3,(H,17,20). The van der Waals surface area contributed by atoms with Crippen LogP contribution in [0, 0.1) is 6.92 Å². The summed E-state index contributed by atoms with van der Waals surface area (Å²) in [6, 6.07) is 12.0. The van der Waals surface area contributed by atoms with E-state index in [4.69, 9.17) is 4.74 Å². The molecular formula is C16H19N5O. The SMILES string of the molecule is COc1ccc(CCCNc2ccc3nnc(C)n3n2)cc1. The molecule has 3 rings (SSSR count). The zero-order chi connectivity index (χ0) is 15.4. The number of aromatic nitrogens is 4. The molecule has 114 valence electrons. The molecule has 1 N–H and O–H groups in total. The molecule has 6 heteroatoms. The number of aryl methyl sites for hydroxylation is 2. The fraction of sp³-hybridized carbons (Fsp3) is 0.312. The van der Waals surface area contributed by atoms with Crippen LogP contribution in [0.2, 0.25) is 0 Å². The van der Waals surface area contributed by atoms with Gasteiger partial charge in [0.2, 0.25) is 0 Å². The van der Waals surface area contributed by atoms with Gasteiger partial charge in [0.1, 0.15) is 11.6 Å². The minimum Gasteiger partial charge on any atom is -0.497 e. The highest BCUT2D eigenvalue weighted by Crippen LogP contribution is 2.13. The van der Waals surface area contributed by atoms with Crippen LogP contribution in [0.4, 0.5) is 5.82 Å². The fourth-order valence-corrected chi connectivity index (χ4v) is 2.29. The van der Waals surface area contributed by atoms with E-state index in [9.17, 15) is 0 Å². The molecule has 1 aromatic carbocycles. The lowest BCUT2D eigenvalue weighted by Gasteiger charge is -2.06. The Balaban J connectivity index is 1.52. The third-order valence-corrected chi connectivity index (χ3v) is 3.53. The third-order valence-electron chi connectivity index (χ3n) is 3.53. The second-order valence-electron chi connectivity index (χ2n) is 5.11. The van der Waals surface area contributed by atoms with Gasteiger partial charge in [0.25, 0.3) is 0 Å². The molecule has 0 aliphatic rings. The lowest BCUT2D eigenvalue weighted by Crippen LogP contribution is -2.07. The van der Waals surface area contributed by atoms with E-state index < -0.39 is 0 Å². The van der Waals surface area contributed by atoms with Crippen molar-refractivity contribution in [2.24, 2.45) is 0 Å². The Kier molecular flexibility index (Phi) is 4.18. The van der Waals surface area contributed by atoms with Crippen molar-refractivity contribution in [1.29, 1.82) is 0 Å². The number of nitrogens with zero attached hydrogens (tertiary/aromatic N) is 4. The van der Waals surface area contributed by atoms with E-state index in [1.54, 1.807) is 11.6 Å². The summed E-state index contributed by atoms with van der Waals surface area (Å²) in [6.45, 7) is 2.76. The summed E-state index contributed by atoms with van der Waals surface area (Å²) in [5.74, 6) is 2.52. The molecule has 0 atom stereocenters. The van der Waals surface area contributed by atoms with Gasteiger partial charge in [0.15, 0.2) is 11.5 Å². The number of fused-ring (bicyclic) bond motifs is 1. The molecule has 0 unspecified atom stereocenters. The first-order valence-corrected chi connectivity index (χ1v) is 7.32. The Hall–Kier alpha value is -2.63. The Morgan fingerprint density at radius 3 is 2.68 bits per heavy atom. The summed E-state index contributed by atoms with van der Waals surface area (Å²) >= 11 is 0. The first-order chi connectivity index (χ1) is 10.8. The van der Waals surface area contributed by atoms with Gasteiger partial charge in [-0.1, -0.05) is 12.1 Å². The van der Waals surface area contributed by atoms with Gasteiger partial charge in [-0.25, -0.2) is 0 Å². The van der Waals surface area contributed by atoms with Gasteiger partial charge in [-0.05, 0) is 49.6 Å². The average Bonchev–Trinajstić information content (AvgIpc) is 2.93. The second kappa shape index (κ2) is 6.43. The van der Waals surface area contributed by atoms with E-state index in [1.165, 1.54) is 5.56 Å². The normalized spacial score (nSPS) is 10.8. The molecule has 0 fully saturated rings. The zero-order valence-electron chi connectivity index (χ0n) is 12.8. The first kappa shape index (κ1) is 14.3. The van der Waals surface area contributed by atoms with Crippen molar-refractivity contribution in [3.63, 3.8) is 0 Å². The van der Waals surface area contributed by atoms with Crippen molar-refractivity contribution in [3.05, 3.63) is 47.8 Å². The van der Waals surface area contributed by atoms with Crippen LogP contribution >= 0.6 is 0 Å². The maximum Gasteiger partial charge on any atom is 0.178 e. The minimum atomic E-state index is 0.765. The fourth-order valence-electron chi connectivity index (χ4n) is 2.29. The zero-order valence-corrected chi connectivity index (χ0v) is 12.8. The van der Waals surface area contributed by atoms with Gasteiger partial charge in [-0.2, -0.15) is 4.52 Å². The summed E-state index contributed by atoms with van der Waals surface area (Å²) in [5, 5.41) is 15.8. The molecule has 0 bridgehead atoms. The van der Waals surface area contributed by atoms with Crippen LogP contribution in [-0.4, -0.2) is 33.5 Å². The maximum atomic E-state index is 5.16. The van der Waals surface area contributed by atoms with Gasteiger partial charge >= 0.3 is 0 Å². The Labute approximate surface area is 129 Å². The number of benzene rings is 1. The molecule has 0 amide bonds. The molecule has 0 spiro atoms. The summed E-state index contributed by atoms with van der Waals surface area (Å²) in [4.78, 5) is 0. The molecule has 0 saturated heterocycles. The number of hydrogen-bond acceptors (Lipinski definition) is 5. The largest absolute Gasteiger partial charge is 0.497 e. The van der Waals surface area contributed by atoms with Crippen LogP contribution in [0.5, 0.6) is 5.75 Å². The van der Waals surface area contributed by atoms with E-state index in [2.05, 4.69) is 32.7 Å². The van der Waals surface area contributed by atoms with Crippen molar-refractivity contribution in [1.82, 2.24) is 19.8 Å². The van der Waals surface area contributed by atoms with Crippen LogP contribution in [0.3, 0.4) is 0 Å². The van der Waals surface area contributed by atoms with Crippen molar-refractivity contribution in [2.45, 2.75) is 19.8 Å². The summed E-state index contributed by atoms with van der Waals surface area (Å²) in [5.41, 5.74) is 2.07. The van der Waals surface area contributed by atoms with E-state index in [-0.39, 0.29) is 0 Å². The lowest BCUT2D eigenvalue weighted by atomic mass is 10.1. The average molecular weight is 297 g/mol. The maximum absolute atomic E-state index is 5.16. The van der Waals surface area contributed by atoms with Crippen molar-refractivity contribution < 1.29 is 4.74 Å². The van der Waals surface area contributed by atoms with Crippen LogP contribution in [-0.2, 0) is 6.42 Å². The highest BCUT2D eigenvalue weighted by Gasteiger charge is 2.03. The van der Waals surface area contributed by atoms with Crippen LogP contribution in [0.15, 0.2) is 36.4 Å². The number of hydrogen-bond donors (Lipinski definition) is 1. The number of ether oxygens (including phenoxy) is 1. The van der Waals surface area contributed by atoms with Gasteiger partial charge in [-0.15, -0.1) is 15.3 Å². The van der Waals surface area contributed by atoms with Crippen LogP contribution in [0.25, 0.3) is 5.65 Å². The predicted octanol–water partition coefficient (Wildman–Crippen LogP) is 2.49. The molecule has 22 heavy (non-hydrogen) atoms. The number of methoxy groups -OCH3 is 1. The van der Waals surface area contributed by atoms with Gasteiger partial charge < -0.3 is 10.1 Å². The van der Waals surface area contributed by atoms with Gasteiger partial charge in [-0.3, -0.25) is 0 Å². The molecule has 2 heterocycles. The summed E-state index contributed by atoms with van der Waals surface area (Å²) in [6.07, 6.45) is 2.05. The van der Waals surface area contributed by atoms with Crippen LogP contribution in [0.1, 0.15) is 17.8 Å². The van der Waals surface area contributed by atoms with Crippen molar-refractivity contribution >= 4 is 11.5 Å². The van der Waals surface area contributed by atoms with Crippen LogP contribution < -0.4 is 10.1 Å². The molecule has 0 saturated carbocycles. The van der Waals surface area contributed by atoms with Gasteiger partial charge in [0.05, 0.1) is 7.11 Å². The lowest BCUT2D eigenvalue weighted by molar-refractivity contribution is 0.414. The topological polar surface area (TPSA) is 64.3 Å². The van der Waals surface area contributed by atoms with Crippen molar-refractivity contribution in [2.75, 3.05) is 19.0 Å². The quantitative estimate of drug-likeness (QED) is 0.708. The second-order valence-corrected chi connectivity index (χ2v) is 5.11. The van der Waals surface area contributed by atoms with E-state index in [1.807, 2.05) is 31.2 Å². The molecular weight excluding hydrogens is 278 g/mol. The molecule has 0 aliphatic carbocycles. The monoisotopic (exact) mass is 297 g/mol. The Morgan fingerprint density at radius 2 is 1.91 bits per heavy atom. The number of rotatable bonds is 6. The molecule has 3 aromatic rings. The Bertz CT molecular complexity index is 751. The third kappa shape index (κ3) is 3.16. The smallest absolute Gasteiger partial charge is 0.178 e. The minimum absolute atomic E-state index is 0.765. The molecule has 6 nitrogen and oxygen atoms in total. The summed E-state index contributed by atoms with van der Waals surface area (Å²) in [7, 11) is 1.68. The first-order valence-electron chi connectivity index (χ1n) is 7.32.